The summed E-state index contributed by atoms with van der Waals surface area (Å²) >= 11 is 0. The van der Waals surface area contributed by atoms with E-state index >= 15 is 0 Å². The molecule has 5 nitrogen and oxygen atoms in total. The van der Waals surface area contributed by atoms with Crippen LogP contribution < -0.4 is 9.62 Å². The van der Waals surface area contributed by atoms with Gasteiger partial charge in [-0.1, -0.05) is 56.3 Å². The Labute approximate surface area is 168 Å². The number of carbonyl (C=O) groups is 1. The molecular weight excluding hydrogens is 372 g/mol. The Balaban J connectivity index is 1.99. The first kappa shape index (κ1) is 22.0. The molecule has 0 fully saturated rings. The Bertz CT molecular complexity index is 862. The average molecular weight is 403 g/mol. The molecule has 0 bridgehead atoms. The third-order valence-corrected chi connectivity index (χ3v) is 5.79. The molecule has 0 radical (unpaired) electrons. The molecule has 28 heavy (non-hydrogen) atoms. The predicted octanol–water partition coefficient (Wildman–Crippen LogP) is 3.71. The molecule has 0 heterocycles. The van der Waals surface area contributed by atoms with E-state index in [0.717, 1.165) is 29.0 Å². The molecule has 0 aliphatic carbocycles. The normalized spacial score (nSPS) is 12.6. The zero-order valence-corrected chi connectivity index (χ0v) is 17.9. The maximum absolute atomic E-state index is 12.5. The molecule has 1 N–H and O–H groups in total. The lowest BCUT2D eigenvalue weighted by molar-refractivity contribution is -0.120. The van der Waals surface area contributed by atoms with Crippen molar-refractivity contribution in [3.05, 3.63) is 65.7 Å². The van der Waals surface area contributed by atoms with Crippen LogP contribution in [0, 0.1) is 0 Å². The number of nitrogens with one attached hydrogen (secondary N) is 1. The van der Waals surface area contributed by atoms with Crippen LogP contribution in [0.4, 0.5) is 5.69 Å². The summed E-state index contributed by atoms with van der Waals surface area (Å²) in [5, 5.41) is 2.91. The maximum atomic E-state index is 12.5. The van der Waals surface area contributed by atoms with Gasteiger partial charge in [-0.3, -0.25) is 9.10 Å². The molecule has 2 rings (SSSR count). The lowest BCUT2D eigenvalue weighted by Gasteiger charge is -2.23. The minimum Gasteiger partial charge on any atom is -0.352 e. The fourth-order valence-electron chi connectivity index (χ4n) is 2.98. The monoisotopic (exact) mass is 402 g/mol. The van der Waals surface area contributed by atoms with Gasteiger partial charge in [-0.15, -0.1) is 0 Å². The molecule has 0 aromatic heterocycles. The summed E-state index contributed by atoms with van der Waals surface area (Å²) in [4.78, 5) is 12.5. The lowest BCUT2D eigenvalue weighted by Crippen LogP contribution is -2.43. The van der Waals surface area contributed by atoms with E-state index in [-0.39, 0.29) is 18.5 Å². The number of nitrogens with zero attached hydrogens (tertiary/aromatic N) is 1. The molecule has 0 saturated carbocycles. The minimum atomic E-state index is -3.56. The topological polar surface area (TPSA) is 66.5 Å². The number of hydrogen-bond donors (Lipinski definition) is 1. The summed E-state index contributed by atoms with van der Waals surface area (Å²) < 4.78 is 25.6. The zero-order valence-electron chi connectivity index (χ0n) is 17.1. The number of anilines is 1. The summed E-state index contributed by atoms with van der Waals surface area (Å²) in [6, 6.07) is 17.3. The molecule has 0 saturated heterocycles. The van der Waals surface area contributed by atoms with Crippen molar-refractivity contribution in [3.63, 3.8) is 0 Å². The highest BCUT2D eigenvalue weighted by atomic mass is 32.2. The van der Waals surface area contributed by atoms with Crippen molar-refractivity contribution >= 4 is 21.6 Å². The number of rotatable bonds is 9. The number of benzene rings is 2. The standard InChI is InChI=1S/C22H30N2O3S/c1-17(2)20-12-14-21(15-13-20)24(28(4,26)27)16-22(25)23-18(3)10-11-19-8-6-5-7-9-19/h5-9,12-15,17-18H,10-11,16H2,1-4H3,(H,23,25)/t18-/m0/s1. The summed E-state index contributed by atoms with van der Waals surface area (Å²) in [7, 11) is -3.56. The van der Waals surface area contributed by atoms with Crippen LogP contribution in [-0.2, 0) is 21.2 Å². The van der Waals surface area contributed by atoms with E-state index in [1.165, 1.54) is 5.56 Å². The van der Waals surface area contributed by atoms with Crippen LogP contribution in [0.1, 0.15) is 44.2 Å². The Hall–Kier alpha value is -2.34. The van der Waals surface area contributed by atoms with Gasteiger partial charge >= 0.3 is 0 Å². The number of sulfonamides is 1. The van der Waals surface area contributed by atoms with Crippen LogP contribution in [-0.4, -0.2) is 33.2 Å². The SMILES string of the molecule is CC(C)c1ccc(N(CC(=O)N[C@@H](C)CCc2ccccc2)S(C)(=O)=O)cc1. The minimum absolute atomic E-state index is 0.0440. The molecular formula is C22H30N2O3S. The molecule has 2 aromatic rings. The highest BCUT2D eigenvalue weighted by Gasteiger charge is 2.21. The van der Waals surface area contributed by atoms with Gasteiger partial charge in [0.2, 0.25) is 15.9 Å². The van der Waals surface area contributed by atoms with Gasteiger partial charge in [0.1, 0.15) is 6.54 Å². The number of amides is 1. The van der Waals surface area contributed by atoms with E-state index in [4.69, 9.17) is 0 Å². The fourth-order valence-corrected chi connectivity index (χ4v) is 3.83. The van der Waals surface area contributed by atoms with E-state index < -0.39 is 10.0 Å². The quantitative estimate of drug-likeness (QED) is 0.695. The maximum Gasteiger partial charge on any atom is 0.240 e. The summed E-state index contributed by atoms with van der Waals surface area (Å²) in [6.45, 7) is 5.86. The molecule has 0 spiro atoms. The second kappa shape index (κ2) is 9.73. The third kappa shape index (κ3) is 6.68. The fraction of sp³-hybridized carbons (Fsp3) is 0.409. The van der Waals surface area contributed by atoms with Crippen LogP contribution >= 0.6 is 0 Å². The molecule has 1 atom stereocenters. The molecule has 152 valence electrons. The zero-order chi connectivity index (χ0) is 20.7. The smallest absolute Gasteiger partial charge is 0.240 e. The average Bonchev–Trinajstić information content (AvgIpc) is 2.64. The van der Waals surface area contributed by atoms with E-state index in [0.29, 0.717) is 11.6 Å². The molecule has 2 aromatic carbocycles. The lowest BCUT2D eigenvalue weighted by atomic mass is 10.0. The van der Waals surface area contributed by atoms with Crippen molar-refractivity contribution in [2.45, 2.75) is 45.6 Å². The second-order valence-corrected chi connectivity index (χ2v) is 9.42. The third-order valence-electron chi connectivity index (χ3n) is 4.65. The van der Waals surface area contributed by atoms with Crippen LogP contribution in [0.2, 0.25) is 0 Å². The summed E-state index contributed by atoms with van der Waals surface area (Å²) in [6.07, 6.45) is 2.77. The molecule has 0 unspecified atom stereocenters. The largest absolute Gasteiger partial charge is 0.352 e. The Morgan fingerprint density at radius 3 is 2.14 bits per heavy atom. The van der Waals surface area contributed by atoms with Crippen molar-refractivity contribution in [3.8, 4) is 0 Å². The van der Waals surface area contributed by atoms with Crippen LogP contribution in [0.25, 0.3) is 0 Å². The van der Waals surface area contributed by atoms with Gasteiger partial charge in [0, 0.05) is 6.04 Å². The Kier molecular flexibility index (Phi) is 7.63. The predicted molar refractivity (Wildman–Crippen MR) is 115 cm³/mol. The summed E-state index contributed by atoms with van der Waals surface area (Å²) in [5.74, 6) is 0.0495. The van der Waals surface area contributed by atoms with Gasteiger partial charge < -0.3 is 5.32 Å². The van der Waals surface area contributed by atoms with Crippen molar-refractivity contribution in [2.75, 3.05) is 17.1 Å². The van der Waals surface area contributed by atoms with E-state index in [2.05, 4.69) is 31.3 Å². The van der Waals surface area contributed by atoms with Gasteiger partial charge in [-0.2, -0.15) is 0 Å². The van der Waals surface area contributed by atoms with Crippen LogP contribution in [0.15, 0.2) is 54.6 Å². The number of carbonyl (C=O) groups excluding carboxylic acids is 1. The molecule has 1 amide bonds. The van der Waals surface area contributed by atoms with E-state index in [1.54, 1.807) is 12.1 Å². The first-order chi connectivity index (χ1) is 13.2. The highest BCUT2D eigenvalue weighted by molar-refractivity contribution is 7.92. The Morgan fingerprint density at radius 2 is 1.61 bits per heavy atom. The van der Waals surface area contributed by atoms with Crippen molar-refractivity contribution in [1.82, 2.24) is 5.32 Å². The number of hydrogen-bond acceptors (Lipinski definition) is 3. The van der Waals surface area contributed by atoms with Crippen molar-refractivity contribution < 1.29 is 13.2 Å². The second-order valence-electron chi connectivity index (χ2n) is 7.51. The van der Waals surface area contributed by atoms with Gasteiger partial charge in [0.15, 0.2) is 0 Å². The molecule has 6 heteroatoms. The van der Waals surface area contributed by atoms with Gasteiger partial charge in [0.05, 0.1) is 11.9 Å². The van der Waals surface area contributed by atoms with Gasteiger partial charge in [-0.25, -0.2) is 8.42 Å². The van der Waals surface area contributed by atoms with Crippen LogP contribution in [0.3, 0.4) is 0 Å². The highest BCUT2D eigenvalue weighted by Crippen LogP contribution is 2.21. The van der Waals surface area contributed by atoms with Crippen LogP contribution in [0.5, 0.6) is 0 Å². The molecule has 0 aliphatic rings. The van der Waals surface area contributed by atoms with Gasteiger partial charge in [0.25, 0.3) is 0 Å². The Morgan fingerprint density at radius 1 is 1.00 bits per heavy atom. The van der Waals surface area contributed by atoms with Gasteiger partial charge in [-0.05, 0) is 48.9 Å². The van der Waals surface area contributed by atoms with E-state index in [9.17, 15) is 13.2 Å². The summed E-state index contributed by atoms with van der Waals surface area (Å²) in [5.41, 5.74) is 2.83. The molecule has 0 aliphatic heterocycles. The van der Waals surface area contributed by atoms with E-state index in [1.807, 2.05) is 37.3 Å². The van der Waals surface area contributed by atoms with Crippen molar-refractivity contribution in [2.24, 2.45) is 0 Å². The first-order valence-corrected chi connectivity index (χ1v) is 11.4. The van der Waals surface area contributed by atoms with Crippen molar-refractivity contribution in [1.29, 1.82) is 0 Å². The number of aryl methyl sites for hydroxylation is 1. The first-order valence-electron chi connectivity index (χ1n) is 9.57.